The summed E-state index contributed by atoms with van der Waals surface area (Å²) in [5.74, 6) is -0.119. The van der Waals surface area contributed by atoms with Crippen molar-refractivity contribution in [2.45, 2.75) is 11.3 Å². The molecule has 134 valence electrons. The van der Waals surface area contributed by atoms with Crippen LogP contribution in [0.1, 0.15) is 10.4 Å². The number of carbonyl (C=O) groups excluding carboxylic acids is 1. The summed E-state index contributed by atoms with van der Waals surface area (Å²) in [4.78, 5) is 18.8. The number of benzene rings is 2. The Kier molecular flexibility index (Phi) is 4.66. The summed E-state index contributed by atoms with van der Waals surface area (Å²) in [7, 11) is -3.06. The number of fused-ring (bicyclic) bond motifs is 1. The van der Waals surface area contributed by atoms with Gasteiger partial charge in [0.25, 0.3) is 5.91 Å². The quantitative estimate of drug-likeness (QED) is 0.701. The molecule has 2 atom stereocenters. The highest BCUT2D eigenvalue weighted by Crippen LogP contribution is 2.40. The van der Waals surface area contributed by atoms with Crippen LogP contribution in [0.2, 0.25) is 0 Å². The zero-order valence-electron chi connectivity index (χ0n) is 13.6. The van der Waals surface area contributed by atoms with Crippen LogP contribution >= 0.6 is 27.7 Å². The number of hydrogen-bond acceptors (Lipinski definition) is 4. The highest BCUT2D eigenvalue weighted by Gasteiger charge is 2.49. The fourth-order valence-corrected chi connectivity index (χ4v) is 7.38. The van der Waals surface area contributed by atoms with Crippen molar-refractivity contribution in [3.63, 3.8) is 0 Å². The first-order chi connectivity index (χ1) is 12.4. The molecular formula is C18H15BrN2O3S2. The number of aliphatic imine (C=N–C) groups is 1. The maximum absolute atomic E-state index is 12.6. The van der Waals surface area contributed by atoms with Gasteiger partial charge in [-0.3, -0.25) is 4.79 Å². The Morgan fingerprint density at radius 3 is 2.46 bits per heavy atom. The Morgan fingerprint density at radius 2 is 1.77 bits per heavy atom. The van der Waals surface area contributed by atoms with Gasteiger partial charge in [0, 0.05) is 21.0 Å². The number of nitrogens with zero attached hydrogens (tertiary/aromatic N) is 2. The average molecular weight is 451 g/mol. The van der Waals surface area contributed by atoms with Crippen molar-refractivity contribution in [3.05, 3.63) is 64.6 Å². The molecule has 2 heterocycles. The average Bonchev–Trinajstić information content (AvgIpc) is 3.07. The van der Waals surface area contributed by atoms with E-state index in [2.05, 4.69) is 20.9 Å². The molecule has 0 unspecified atom stereocenters. The first kappa shape index (κ1) is 17.8. The minimum atomic E-state index is -3.06. The van der Waals surface area contributed by atoms with E-state index in [9.17, 15) is 13.2 Å². The SMILES string of the molecule is O=C(N=C1S[C@@H]2CS(=O)(=O)C[C@H]2N1c1ccccc1)c1ccc(Br)cc1. The molecule has 0 bridgehead atoms. The molecule has 0 aromatic heterocycles. The normalized spacial score (nSPS) is 25.4. The Balaban J connectivity index is 1.70. The van der Waals surface area contributed by atoms with Crippen molar-refractivity contribution < 1.29 is 13.2 Å². The number of rotatable bonds is 2. The van der Waals surface area contributed by atoms with Crippen LogP contribution in [0, 0.1) is 0 Å². The third-order valence-electron chi connectivity index (χ3n) is 4.39. The van der Waals surface area contributed by atoms with Gasteiger partial charge in [0.1, 0.15) is 0 Å². The fourth-order valence-electron chi connectivity index (χ4n) is 3.20. The van der Waals surface area contributed by atoms with Crippen LogP contribution in [-0.4, -0.2) is 42.3 Å². The number of hydrogen-bond donors (Lipinski definition) is 0. The summed E-state index contributed by atoms with van der Waals surface area (Å²) in [5, 5.41) is 0.464. The molecule has 2 saturated heterocycles. The standard InChI is InChI=1S/C18H15BrN2O3S2/c19-13-8-6-12(7-9-13)17(22)20-18-21(14-4-2-1-3-5-14)15-10-26(23,24)11-16(15)25-18/h1-9,15-16H,10-11H2/t15-,16-/m1/s1. The summed E-state index contributed by atoms with van der Waals surface area (Å²) >= 11 is 4.73. The molecule has 0 spiro atoms. The number of para-hydroxylation sites is 1. The Morgan fingerprint density at radius 1 is 1.08 bits per heavy atom. The molecule has 0 aliphatic carbocycles. The largest absolute Gasteiger partial charge is 0.316 e. The monoisotopic (exact) mass is 450 g/mol. The van der Waals surface area contributed by atoms with Gasteiger partial charge in [-0.2, -0.15) is 4.99 Å². The maximum Gasteiger partial charge on any atom is 0.279 e. The van der Waals surface area contributed by atoms with Crippen molar-refractivity contribution in [2.24, 2.45) is 4.99 Å². The molecule has 4 rings (SSSR count). The molecule has 0 N–H and O–H groups in total. The smallest absolute Gasteiger partial charge is 0.279 e. The highest BCUT2D eigenvalue weighted by atomic mass is 79.9. The van der Waals surface area contributed by atoms with Gasteiger partial charge in [-0.1, -0.05) is 45.9 Å². The summed E-state index contributed by atoms with van der Waals surface area (Å²) in [6.07, 6.45) is 0. The number of thioether (sulfide) groups is 1. The predicted molar refractivity (Wildman–Crippen MR) is 109 cm³/mol. The molecule has 26 heavy (non-hydrogen) atoms. The number of sulfone groups is 1. The predicted octanol–water partition coefficient (Wildman–Crippen LogP) is 3.36. The van der Waals surface area contributed by atoms with Crippen molar-refractivity contribution >= 4 is 54.3 Å². The van der Waals surface area contributed by atoms with Gasteiger partial charge in [0.15, 0.2) is 15.0 Å². The van der Waals surface area contributed by atoms with Gasteiger partial charge in [0.2, 0.25) is 0 Å². The lowest BCUT2D eigenvalue weighted by Gasteiger charge is -2.24. The third-order valence-corrected chi connectivity index (χ3v) is 8.13. The molecule has 2 aromatic rings. The van der Waals surface area contributed by atoms with E-state index in [1.807, 2.05) is 35.2 Å². The Labute approximate surface area is 164 Å². The highest BCUT2D eigenvalue weighted by molar-refractivity contribution is 9.10. The number of amidine groups is 1. The lowest BCUT2D eigenvalue weighted by Crippen LogP contribution is -2.37. The van der Waals surface area contributed by atoms with Gasteiger partial charge in [0.05, 0.1) is 17.5 Å². The topological polar surface area (TPSA) is 66.8 Å². The van der Waals surface area contributed by atoms with Crippen LogP contribution in [0.5, 0.6) is 0 Å². The number of carbonyl (C=O) groups is 1. The molecule has 0 radical (unpaired) electrons. The molecule has 1 amide bonds. The van der Waals surface area contributed by atoms with Gasteiger partial charge in [-0.15, -0.1) is 0 Å². The van der Waals surface area contributed by atoms with E-state index in [0.717, 1.165) is 10.2 Å². The number of amides is 1. The van der Waals surface area contributed by atoms with E-state index in [1.165, 1.54) is 11.8 Å². The van der Waals surface area contributed by atoms with Crippen LogP contribution in [-0.2, 0) is 9.84 Å². The summed E-state index contributed by atoms with van der Waals surface area (Å²) < 4.78 is 25.0. The molecule has 5 nitrogen and oxygen atoms in total. The van der Waals surface area contributed by atoms with Crippen molar-refractivity contribution in [2.75, 3.05) is 16.4 Å². The first-order valence-electron chi connectivity index (χ1n) is 8.03. The number of halogens is 1. The minimum Gasteiger partial charge on any atom is -0.316 e. The molecule has 2 fully saturated rings. The van der Waals surface area contributed by atoms with E-state index in [1.54, 1.807) is 24.3 Å². The number of anilines is 1. The second-order valence-corrected chi connectivity index (χ2v) is 10.5. The van der Waals surface area contributed by atoms with E-state index in [0.29, 0.717) is 10.7 Å². The lowest BCUT2D eigenvalue weighted by molar-refractivity contribution is 0.100. The maximum atomic E-state index is 12.6. The van der Waals surface area contributed by atoms with E-state index in [4.69, 9.17) is 0 Å². The van der Waals surface area contributed by atoms with Crippen molar-refractivity contribution in [1.29, 1.82) is 0 Å². The van der Waals surface area contributed by atoms with Crippen LogP contribution in [0.4, 0.5) is 5.69 Å². The van der Waals surface area contributed by atoms with Gasteiger partial charge in [-0.05, 0) is 36.4 Å². The molecule has 2 aromatic carbocycles. The summed E-state index contributed by atoms with van der Waals surface area (Å²) in [5.41, 5.74) is 1.35. The van der Waals surface area contributed by atoms with E-state index in [-0.39, 0.29) is 28.7 Å². The molecule has 2 aliphatic rings. The summed E-state index contributed by atoms with van der Waals surface area (Å²) in [6, 6.07) is 16.3. The second kappa shape index (κ2) is 6.83. The molecule has 8 heteroatoms. The molecular weight excluding hydrogens is 436 g/mol. The van der Waals surface area contributed by atoms with Crippen molar-refractivity contribution in [3.8, 4) is 0 Å². The zero-order chi connectivity index (χ0) is 18.3. The Bertz CT molecular complexity index is 975. The fraction of sp³-hybridized carbons (Fsp3) is 0.222. The van der Waals surface area contributed by atoms with E-state index >= 15 is 0 Å². The minimum absolute atomic E-state index is 0.0883. The van der Waals surface area contributed by atoms with E-state index < -0.39 is 9.84 Å². The van der Waals surface area contributed by atoms with Crippen LogP contribution in [0.25, 0.3) is 0 Å². The molecule has 2 aliphatic heterocycles. The van der Waals surface area contributed by atoms with Gasteiger partial charge < -0.3 is 4.90 Å². The van der Waals surface area contributed by atoms with Crippen LogP contribution < -0.4 is 4.90 Å². The summed E-state index contributed by atoms with van der Waals surface area (Å²) in [6.45, 7) is 0. The van der Waals surface area contributed by atoms with Crippen LogP contribution in [0.15, 0.2) is 64.1 Å². The first-order valence-corrected chi connectivity index (χ1v) is 11.5. The van der Waals surface area contributed by atoms with Crippen LogP contribution in [0.3, 0.4) is 0 Å². The van der Waals surface area contributed by atoms with Crippen molar-refractivity contribution in [1.82, 2.24) is 0 Å². The second-order valence-electron chi connectivity index (χ2n) is 6.21. The third kappa shape index (κ3) is 3.45. The Hall–Kier alpha value is -1.64. The van der Waals surface area contributed by atoms with Gasteiger partial charge in [-0.25, -0.2) is 8.42 Å². The lowest BCUT2D eigenvalue weighted by atomic mass is 10.2. The molecule has 0 saturated carbocycles. The van der Waals surface area contributed by atoms with Gasteiger partial charge >= 0.3 is 0 Å². The zero-order valence-corrected chi connectivity index (χ0v) is 16.8.